The third-order valence-electron chi connectivity index (χ3n) is 7.01. The van der Waals surface area contributed by atoms with Gasteiger partial charge in [0, 0.05) is 24.2 Å². The van der Waals surface area contributed by atoms with Crippen molar-refractivity contribution in [3.05, 3.63) is 83.4 Å². The lowest BCUT2D eigenvalue weighted by atomic mass is 9.74. The van der Waals surface area contributed by atoms with Crippen LogP contribution in [0.5, 0.6) is 11.5 Å². The predicted octanol–water partition coefficient (Wildman–Crippen LogP) is 6.74. The van der Waals surface area contributed by atoms with Crippen LogP contribution in [0.1, 0.15) is 35.4 Å². The van der Waals surface area contributed by atoms with Crippen molar-refractivity contribution in [2.24, 2.45) is 11.8 Å². The van der Waals surface area contributed by atoms with Crippen LogP contribution in [0.3, 0.4) is 0 Å². The van der Waals surface area contributed by atoms with Gasteiger partial charge in [0.2, 0.25) is 0 Å². The van der Waals surface area contributed by atoms with Crippen LogP contribution in [0.4, 0.5) is 13.2 Å². The molecule has 176 valence electrons. The summed E-state index contributed by atoms with van der Waals surface area (Å²) in [6.07, 6.45) is -4.14. The molecule has 0 saturated heterocycles. The molecule has 7 heteroatoms. The summed E-state index contributed by atoms with van der Waals surface area (Å²) in [6.45, 7) is 0. The number of rotatable bonds is 4. The molecule has 1 aliphatic heterocycles. The molecule has 5 rings (SSSR count). The molecule has 0 amide bonds. The summed E-state index contributed by atoms with van der Waals surface area (Å²) in [5, 5.41) is 9.75. The molecule has 1 fully saturated rings. The highest BCUT2D eigenvalue weighted by atomic mass is 19.4. The Hall–Kier alpha value is -3.32. The number of para-hydroxylation sites is 1. The lowest BCUT2D eigenvalue weighted by molar-refractivity contribution is -0.145. The fourth-order valence-electron chi connectivity index (χ4n) is 5.58. The van der Waals surface area contributed by atoms with Crippen molar-refractivity contribution >= 4 is 5.97 Å². The zero-order valence-electron chi connectivity index (χ0n) is 18.4. The van der Waals surface area contributed by atoms with Crippen LogP contribution in [-0.2, 0) is 15.7 Å². The van der Waals surface area contributed by atoms with Crippen molar-refractivity contribution in [3.8, 4) is 22.6 Å². The molecular formula is C27H23F3O4. The molecule has 34 heavy (non-hydrogen) atoms. The van der Waals surface area contributed by atoms with E-state index in [0.29, 0.717) is 35.5 Å². The smallest absolute Gasteiger partial charge is 0.417 e. The topological polar surface area (TPSA) is 55.8 Å². The standard InChI is InChI=1S/C27H23F3O4/c1-33-23-14-15(13-19(23)26(31)32)24-18-8-3-5-11-21(18)34-22-12-6-9-17(25(22)24)16-7-2-4-10-20(16)27(28,29)30/h2-12,15,19,23-24H,13-14H2,1H3,(H,31,32)/t15-,19-,23-,24?/m1/s1. The van der Waals surface area contributed by atoms with E-state index in [4.69, 9.17) is 9.47 Å². The maximum Gasteiger partial charge on any atom is 0.417 e. The molecule has 3 aromatic rings. The van der Waals surface area contributed by atoms with Crippen molar-refractivity contribution in [2.45, 2.75) is 31.0 Å². The van der Waals surface area contributed by atoms with Crippen molar-refractivity contribution in [1.82, 2.24) is 0 Å². The summed E-state index contributed by atoms with van der Waals surface area (Å²) in [4.78, 5) is 11.9. The molecule has 1 aliphatic carbocycles. The van der Waals surface area contributed by atoms with Gasteiger partial charge in [-0.2, -0.15) is 13.2 Å². The number of carboxylic acid groups (broad SMARTS) is 1. The Kier molecular flexibility index (Phi) is 5.60. The van der Waals surface area contributed by atoms with E-state index in [1.165, 1.54) is 19.2 Å². The average Bonchev–Trinajstić information content (AvgIpc) is 3.26. The van der Waals surface area contributed by atoms with E-state index in [0.717, 1.165) is 11.6 Å². The molecule has 1 saturated carbocycles. The Labute approximate surface area is 194 Å². The Bertz CT molecular complexity index is 1240. The summed E-state index contributed by atoms with van der Waals surface area (Å²) in [5.74, 6) is -0.956. The number of benzene rings is 3. The minimum Gasteiger partial charge on any atom is -0.481 e. The molecule has 3 aromatic carbocycles. The SMILES string of the molecule is CO[C@@H]1C[C@H](C2c3ccccc3Oc3cccc(-c4ccccc4C(F)(F)F)c32)C[C@H]1C(=O)O. The van der Waals surface area contributed by atoms with Gasteiger partial charge in [-0.25, -0.2) is 0 Å². The van der Waals surface area contributed by atoms with Crippen LogP contribution in [0.15, 0.2) is 66.7 Å². The van der Waals surface area contributed by atoms with Crippen LogP contribution in [-0.4, -0.2) is 24.3 Å². The van der Waals surface area contributed by atoms with Crippen LogP contribution in [0.25, 0.3) is 11.1 Å². The van der Waals surface area contributed by atoms with Gasteiger partial charge in [0.1, 0.15) is 11.5 Å². The maximum absolute atomic E-state index is 13.9. The second-order valence-electron chi connectivity index (χ2n) is 8.83. The Morgan fingerprint density at radius 3 is 2.32 bits per heavy atom. The second kappa shape index (κ2) is 8.47. The lowest BCUT2D eigenvalue weighted by Gasteiger charge is -2.34. The first-order chi connectivity index (χ1) is 16.3. The Balaban J connectivity index is 1.71. The number of methoxy groups -OCH3 is 1. The Morgan fingerprint density at radius 1 is 0.941 bits per heavy atom. The number of fused-ring (bicyclic) bond motifs is 2. The quantitative estimate of drug-likeness (QED) is 0.461. The van der Waals surface area contributed by atoms with E-state index in [2.05, 4.69) is 0 Å². The monoisotopic (exact) mass is 468 g/mol. The highest BCUT2D eigenvalue weighted by Crippen LogP contribution is 2.55. The normalized spacial score (nSPS) is 23.6. The third-order valence-corrected chi connectivity index (χ3v) is 7.01. The lowest BCUT2D eigenvalue weighted by Crippen LogP contribution is -2.24. The molecular weight excluding hydrogens is 445 g/mol. The number of aliphatic carboxylic acids is 1. The molecule has 4 nitrogen and oxygen atoms in total. The highest BCUT2D eigenvalue weighted by Gasteiger charge is 2.46. The molecule has 0 radical (unpaired) electrons. The summed E-state index contributed by atoms with van der Waals surface area (Å²) < 4.78 is 53.4. The van der Waals surface area contributed by atoms with Crippen LogP contribution in [0, 0.1) is 11.8 Å². The Morgan fingerprint density at radius 2 is 1.62 bits per heavy atom. The second-order valence-corrected chi connectivity index (χ2v) is 8.83. The summed E-state index contributed by atoms with van der Waals surface area (Å²) >= 11 is 0. The summed E-state index contributed by atoms with van der Waals surface area (Å²) in [5.41, 5.74) is 1.31. The van der Waals surface area contributed by atoms with Gasteiger partial charge < -0.3 is 14.6 Å². The van der Waals surface area contributed by atoms with E-state index in [9.17, 15) is 23.1 Å². The molecule has 1 N–H and O–H groups in total. The molecule has 1 unspecified atom stereocenters. The van der Waals surface area contributed by atoms with E-state index in [-0.39, 0.29) is 17.4 Å². The van der Waals surface area contributed by atoms with Gasteiger partial charge in [0.25, 0.3) is 0 Å². The summed E-state index contributed by atoms with van der Waals surface area (Å²) in [6, 6.07) is 18.1. The predicted molar refractivity (Wildman–Crippen MR) is 120 cm³/mol. The van der Waals surface area contributed by atoms with Crippen molar-refractivity contribution in [1.29, 1.82) is 0 Å². The van der Waals surface area contributed by atoms with Gasteiger partial charge in [-0.1, -0.05) is 48.5 Å². The van der Waals surface area contributed by atoms with E-state index in [1.54, 1.807) is 24.3 Å². The first-order valence-electron chi connectivity index (χ1n) is 11.1. The van der Waals surface area contributed by atoms with E-state index >= 15 is 0 Å². The molecule has 2 aliphatic rings. The van der Waals surface area contributed by atoms with Gasteiger partial charge in [-0.05, 0) is 48.1 Å². The number of alkyl halides is 3. The van der Waals surface area contributed by atoms with Gasteiger partial charge in [-0.3, -0.25) is 4.79 Å². The van der Waals surface area contributed by atoms with Gasteiger partial charge in [0.05, 0.1) is 17.6 Å². The van der Waals surface area contributed by atoms with Gasteiger partial charge >= 0.3 is 12.1 Å². The van der Waals surface area contributed by atoms with Crippen molar-refractivity contribution < 1.29 is 32.5 Å². The highest BCUT2D eigenvalue weighted by molar-refractivity contribution is 5.77. The van der Waals surface area contributed by atoms with E-state index in [1.807, 2.05) is 24.3 Å². The molecule has 0 spiro atoms. The number of hydrogen-bond donors (Lipinski definition) is 1. The van der Waals surface area contributed by atoms with E-state index < -0.39 is 29.7 Å². The fourth-order valence-corrected chi connectivity index (χ4v) is 5.58. The van der Waals surface area contributed by atoms with Gasteiger partial charge in [0.15, 0.2) is 0 Å². The summed E-state index contributed by atoms with van der Waals surface area (Å²) in [7, 11) is 1.50. The number of carboxylic acids is 1. The van der Waals surface area contributed by atoms with Crippen LogP contribution < -0.4 is 4.74 Å². The third kappa shape index (κ3) is 3.74. The average molecular weight is 468 g/mol. The van der Waals surface area contributed by atoms with Crippen LogP contribution in [0.2, 0.25) is 0 Å². The molecule has 0 aromatic heterocycles. The molecule has 1 heterocycles. The molecule has 0 bridgehead atoms. The number of halogens is 3. The largest absolute Gasteiger partial charge is 0.481 e. The minimum absolute atomic E-state index is 0.0795. The molecule has 4 atom stereocenters. The first-order valence-corrected chi connectivity index (χ1v) is 11.1. The number of ether oxygens (including phenoxy) is 2. The number of carbonyl (C=O) groups is 1. The minimum atomic E-state index is -4.52. The fraction of sp³-hybridized carbons (Fsp3) is 0.296. The maximum atomic E-state index is 13.9. The first kappa shape index (κ1) is 22.5. The van der Waals surface area contributed by atoms with Crippen molar-refractivity contribution in [2.75, 3.05) is 7.11 Å². The van der Waals surface area contributed by atoms with Crippen LogP contribution >= 0.6 is 0 Å². The van der Waals surface area contributed by atoms with Crippen molar-refractivity contribution in [3.63, 3.8) is 0 Å². The number of hydrogen-bond acceptors (Lipinski definition) is 3. The van der Waals surface area contributed by atoms with Gasteiger partial charge in [-0.15, -0.1) is 0 Å². The zero-order valence-corrected chi connectivity index (χ0v) is 18.4. The zero-order chi connectivity index (χ0) is 24.0.